The number of ether oxygens (including phenoxy) is 1. The Labute approximate surface area is 139 Å². The summed E-state index contributed by atoms with van der Waals surface area (Å²) in [5.41, 5.74) is 2.10. The van der Waals surface area contributed by atoms with Crippen molar-refractivity contribution in [3.05, 3.63) is 58.3 Å². The maximum Gasteiger partial charge on any atom is 0.309 e. The van der Waals surface area contributed by atoms with Crippen molar-refractivity contribution in [1.82, 2.24) is 10.6 Å². The van der Waals surface area contributed by atoms with E-state index in [1.807, 2.05) is 47.2 Å². The van der Waals surface area contributed by atoms with E-state index < -0.39 is 11.8 Å². The first-order valence-corrected chi connectivity index (χ1v) is 8.30. The summed E-state index contributed by atoms with van der Waals surface area (Å²) in [5, 5.41) is 9.12. The molecule has 0 fully saturated rings. The molecule has 2 rings (SSSR count). The Balaban J connectivity index is 1.71. The number of hydrogen-bond donors (Lipinski definition) is 2. The molecule has 1 atom stereocenters. The van der Waals surface area contributed by atoms with Gasteiger partial charge in [0.05, 0.1) is 0 Å². The van der Waals surface area contributed by atoms with E-state index in [4.69, 9.17) is 4.74 Å². The van der Waals surface area contributed by atoms with Crippen LogP contribution in [0.4, 0.5) is 0 Å². The average molecular weight is 332 g/mol. The third-order valence-electron chi connectivity index (χ3n) is 3.40. The van der Waals surface area contributed by atoms with Crippen LogP contribution >= 0.6 is 11.3 Å². The fraction of sp³-hybridized carbons (Fsp3) is 0.294. The summed E-state index contributed by atoms with van der Waals surface area (Å²) in [5.74, 6) is -1.27. The number of carbonyl (C=O) groups is 2. The van der Waals surface area contributed by atoms with Crippen LogP contribution in [-0.2, 0) is 20.7 Å². The maximum absolute atomic E-state index is 11.8. The Hall–Kier alpha value is -2.18. The molecule has 0 bridgehead atoms. The van der Waals surface area contributed by atoms with Crippen LogP contribution in [0, 0.1) is 0 Å². The van der Waals surface area contributed by atoms with E-state index in [9.17, 15) is 9.59 Å². The third kappa shape index (κ3) is 5.50. The third-order valence-corrected chi connectivity index (χ3v) is 4.10. The van der Waals surface area contributed by atoms with E-state index >= 15 is 0 Å². The Bertz CT molecular complexity index is 614. The maximum atomic E-state index is 11.8. The lowest BCUT2D eigenvalue weighted by atomic mass is 10.1. The summed E-state index contributed by atoms with van der Waals surface area (Å²) in [4.78, 5) is 23.6. The molecule has 0 radical (unpaired) electrons. The van der Waals surface area contributed by atoms with Crippen LogP contribution in [0.5, 0.6) is 0 Å². The predicted octanol–water partition coefficient (Wildman–Crippen LogP) is 1.91. The average Bonchev–Trinajstić information content (AvgIpc) is 3.10. The van der Waals surface area contributed by atoms with Gasteiger partial charge in [-0.2, -0.15) is 11.3 Å². The summed E-state index contributed by atoms with van der Waals surface area (Å²) < 4.78 is 5.32. The largest absolute Gasteiger partial charge is 0.375 e. The van der Waals surface area contributed by atoms with E-state index in [0.717, 1.165) is 11.1 Å². The van der Waals surface area contributed by atoms with Gasteiger partial charge in [-0.05, 0) is 34.4 Å². The van der Waals surface area contributed by atoms with Crippen molar-refractivity contribution in [3.8, 4) is 0 Å². The molecule has 1 aromatic carbocycles. The lowest BCUT2D eigenvalue weighted by Gasteiger charge is -2.14. The van der Waals surface area contributed by atoms with Gasteiger partial charge in [-0.15, -0.1) is 0 Å². The monoisotopic (exact) mass is 332 g/mol. The second kappa shape index (κ2) is 9.07. The van der Waals surface area contributed by atoms with Crippen molar-refractivity contribution in [1.29, 1.82) is 0 Å². The SMILES string of the molecule is COC(CNC(=O)C(=O)NCCc1ccccc1)c1ccsc1. The Morgan fingerprint density at radius 1 is 1.13 bits per heavy atom. The van der Waals surface area contributed by atoms with Crippen LogP contribution in [0.15, 0.2) is 47.2 Å². The molecule has 6 heteroatoms. The molecular formula is C17H20N2O3S. The Morgan fingerprint density at radius 2 is 1.87 bits per heavy atom. The molecule has 23 heavy (non-hydrogen) atoms. The van der Waals surface area contributed by atoms with E-state index in [2.05, 4.69) is 10.6 Å². The molecule has 1 unspecified atom stereocenters. The number of benzene rings is 1. The summed E-state index contributed by atoms with van der Waals surface area (Å²) in [6.07, 6.45) is 0.442. The van der Waals surface area contributed by atoms with E-state index in [1.54, 1.807) is 18.4 Å². The highest BCUT2D eigenvalue weighted by Gasteiger charge is 2.16. The molecule has 122 valence electrons. The molecule has 1 aromatic heterocycles. The van der Waals surface area contributed by atoms with Crippen LogP contribution in [-0.4, -0.2) is 32.0 Å². The minimum absolute atomic E-state index is 0.248. The van der Waals surface area contributed by atoms with Gasteiger partial charge in [-0.1, -0.05) is 30.3 Å². The van der Waals surface area contributed by atoms with E-state index in [1.165, 1.54) is 0 Å². The standard InChI is InChI=1S/C17H20N2O3S/c1-22-15(14-8-10-23-12-14)11-19-17(21)16(20)18-9-7-13-5-3-2-4-6-13/h2-6,8,10,12,15H,7,9,11H2,1H3,(H,18,20)(H,19,21). The first kappa shape index (κ1) is 17.2. The lowest BCUT2D eigenvalue weighted by molar-refractivity contribution is -0.139. The summed E-state index contributed by atoms with van der Waals surface area (Å²) in [7, 11) is 1.58. The molecule has 2 aromatic rings. The fourth-order valence-electron chi connectivity index (χ4n) is 2.11. The molecule has 5 nitrogen and oxygen atoms in total. The van der Waals surface area contributed by atoms with Gasteiger partial charge in [0, 0.05) is 20.2 Å². The van der Waals surface area contributed by atoms with Crippen LogP contribution in [0.1, 0.15) is 17.2 Å². The van der Waals surface area contributed by atoms with E-state index in [-0.39, 0.29) is 12.6 Å². The summed E-state index contributed by atoms with van der Waals surface area (Å²) in [6.45, 7) is 0.687. The van der Waals surface area contributed by atoms with Crippen molar-refractivity contribution in [2.75, 3.05) is 20.2 Å². The molecule has 0 saturated heterocycles. The van der Waals surface area contributed by atoms with Crippen molar-refractivity contribution in [2.45, 2.75) is 12.5 Å². The summed E-state index contributed by atoms with van der Waals surface area (Å²) >= 11 is 1.56. The van der Waals surface area contributed by atoms with Crippen molar-refractivity contribution < 1.29 is 14.3 Å². The molecule has 0 saturated carbocycles. The lowest BCUT2D eigenvalue weighted by Crippen LogP contribution is -2.42. The second-order valence-electron chi connectivity index (χ2n) is 4.98. The van der Waals surface area contributed by atoms with Gasteiger partial charge in [0.15, 0.2) is 0 Å². The molecule has 1 heterocycles. The van der Waals surface area contributed by atoms with Gasteiger partial charge in [-0.25, -0.2) is 0 Å². The van der Waals surface area contributed by atoms with Crippen molar-refractivity contribution in [3.63, 3.8) is 0 Å². The van der Waals surface area contributed by atoms with Crippen molar-refractivity contribution >= 4 is 23.2 Å². The zero-order chi connectivity index (χ0) is 16.5. The van der Waals surface area contributed by atoms with Crippen LogP contribution in [0.3, 0.4) is 0 Å². The number of amides is 2. The van der Waals surface area contributed by atoms with Crippen LogP contribution < -0.4 is 10.6 Å². The van der Waals surface area contributed by atoms with E-state index in [0.29, 0.717) is 13.0 Å². The number of thiophene rings is 1. The Morgan fingerprint density at radius 3 is 2.52 bits per heavy atom. The van der Waals surface area contributed by atoms with Gasteiger partial charge in [0.1, 0.15) is 6.10 Å². The van der Waals surface area contributed by atoms with Gasteiger partial charge >= 0.3 is 11.8 Å². The highest BCUT2D eigenvalue weighted by molar-refractivity contribution is 7.07. The second-order valence-corrected chi connectivity index (χ2v) is 5.76. The predicted molar refractivity (Wildman–Crippen MR) is 90.2 cm³/mol. The number of nitrogens with one attached hydrogen (secondary N) is 2. The fourth-order valence-corrected chi connectivity index (χ4v) is 2.81. The Kier molecular flexibility index (Phi) is 6.77. The van der Waals surface area contributed by atoms with Gasteiger partial charge < -0.3 is 15.4 Å². The number of rotatable bonds is 7. The van der Waals surface area contributed by atoms with Crippen molar-refractivity contribution in [2.24, 2.45) is 0 Å². The molecule has 0 aliphatic carbocycles. The highest BCUT2D eigenvalue weighted by Crippen LogP contribution is 2.18. The quantitative estimate of drug-likeness (QED) is 0.761. The van der Waals surface area contributed by atoms with Crippen LogP contribution in [0.25, 0.3) is 0 Å². The van der Waals surface area contributed by atoms with Crippen LogP contribution in [0.2, 0.25) is 0 Å². The molecule has 2 N–H and O–H groups in total. The molecular weight excluding hydrogens is 312 g/mol. The minimum Gasteiger partial charge on any atom is -0.375 e. The topological polar surface area (TPSA) is 67.4 Å². The normalized spacial score (nSPS) is 11.7. The number of hydrogen-bond acceptors (Lipinski definition) is 4. The first-order valence-electron chi connectivity index (χ1n) is 7.35. The molecule has 0 spiro atoms. The number of carbonyl (C=O) groups excluding carboxylic acids is 2. The zero-order valence-corrected chi connectivity index (χ0v) is 13.8. The minimum atomic E-state index is -0.643. The molecule has 0 aliphatic rings. The highest BCUT2D eigenvalue weighted by atomic mass is 32.1. The summed E-state index contributed by atoms with van der Waals surface area (Å²) in [6, 6.07) is 11.7. The molecule has 2 amide bonds. The van der Waals surface area contributed by atoms with Gasteiger partial charge in [0.25, 0.3) is 0 Å². The smallest absolute Gasteiger partial charge is 0.309 e. The number of methoxy groups -OCH3 is 1. The first-order chi connectivity index (χ1) is 11.2. The van der Waals surface area contributed by atoms with Gasteiger partial charge in [0.2, 0.25) is 0 Å². The molecule has 0 aliphatic heterocycles. The van der Waals surface area contributed by atoms with Gasteiger partial charge in [-0.3, -0.25) is 9.59 Å². The zero-order valence-electron chi connectivity index (χ0n) is 13.0.